The Morgan fingerprint density at radius 2 is 2.00 bits per heavy atom. The van der Waals surface area contributed by atoms with E-state index in [0.29, 0.717) is 12.0 Å². The number of benzene rings is 1. The van der Waals surface area contributed by atoms with Gasteiger partial charge in [0.15, 0.2) is 5.78 Å². The number of aromatic hydroxyl groups is 1. The monoisotopic (exact) mass is 178 g/mol. The predicted octanol–water partition coefficient (Wildman–Crippen LogP) is 2.60. The first kappa shape index (κ1) is 9.78. The van der Waals surface area contributed by atoms with Crippen molar-refractivity contribution >= 4 is 5.78 Å². The molecule has 70 valence electrons. The highest BCUT2D eigenvalue weighted by atomic mass is 16.3. The number of carbonyl (C=O) groups excluding carboxylic acids is 1. The predicted molar refractivity (Wildman–Crippen MR) is 52.2 cm³/mol. The molecule has 0 aliphatic carbocycles. The lowest BCUT2D eigenvalue weighted by molar-refractivity contribution is 0.0985. The lowest BCUT2D eigenvalue weighted by atomic mass is 9.98. The molecule has 0 saturated heterocycles. The molecule has 1 N–H and O–H groups in total. The number of carbonyl (C=O) groups is 1. The van der Waals surface area contributed by atoms with Gasteiger partial charge in [0.25, 0.3) is 0 Å². The van der Waals surface area contributed by atoms with E-state index < -0.39 is 0 Å². The van der Waals surface area contributed by atoms with E-state index in [4.69, 9.17) is 0 Å². The summed E-state index contributed by atoms with van der Waals surface area (Å²) in [4.78, 5) is 11.4. The van der Waals surface area contributed by atoms with E-state index in [-0.39, 0.29) is 11.5 Å². The van der Waals surface area contributed by atoms with E-state index in [1.165, 1.54) is 0 Å². The van der Waals surface area contributed by atoms with Gasteiger partial charge in [0, 0.05) is 6.42 Å². The van der Waals surface area contributed by atoms with Crippen LogP contribution in [0.2, 0.25) is 0 Å². The molecule has 0 heterocycles. The molecule has 1 aromatic rings. The van der Waals surface area contributed by atoms with Crippen molar-refractivity contribution in [2.45, 2.75) is 27.2 Å². The molecule has 0 aliphatic rings. The zero-order chi connectivity index (χ0) is 10.0. The van der Waals surface area contributed by atoms with Crippen LogP contribution in [0.5, 0.6) is 5.75 Å². The molecule has 0 unspecified atom stereocenters. The topological polar surface area (TPSA) is 37.3 Å². The highest BCUT2D eigenvalue weighted by molar-refractivity contribution is 6.00. The molecular weight excluding hydrogens is 164 g/mol. The minimum atomic E-state index is -0.00120. The van der Waals surface area contributed by atoms with Gasteiger partial charge in [0.1, 0.15) is 5.75 Å². The normalized spacial score (nSPS) is 10.1. The van der Waals surface area contributed by atoms with Crippen molar-refractivity contribution in [1.29, 1.82) is 0 Å². The smallest absolute Gasteiger partial charge is 0.166 e. The molecule has 0 radical (unpaired) electrons. The lowest BCUT2D eigenvalue weighted by Crippen LogP contribution is -2.01. The Morgan fingerprint density at radius 1 is 1.38 bits per heavy atom. The van der Waals surface area contributed by atoms with Crippen LogP contribution < -0.4 is 0 Å². The molecule has 0 saturated carbocycles. The highest BCUT2D eigenvalue weighted by Gasteiger charge is 2.13. The molecule has 0 aliphatic heterocycles. The number of ketones is 1. The molecule has 0 spiro atoms. The molecule has 0 amide bonds. The second kappa shape index (κ2) is 3.60. The minimum Gasteiger partial charge on any atom is -0.507 e. The fraction of sp³-hybridized carbons (Fsp3) is 0.364. The summed E-state index contributed by atoms with van der Waals surface area (Å²) >= 11 is 0. The maximum Gasteiger partial charge on any atom is 0.166 e. The van der Waals surface area contributed by atoms with E-state index in [1.54, 1.807) is 13.0 Å². The van der Waals surface area contributed by atoms with Crippen LogP contribution in [0, 0.1) is 13.8 Å². The fourth-order valence-electron chi connectivity index (χ4n) is 1.33. The number of hydrogen-bond acceptors (Lipinski definition) is 2. The van der Waals surface area contributed by atoms with Gasteiger partial charge in [-0.3, -0.25) is 4.79 Å². The molecule has 13 heavy (non-hydrogen) atoms. The molecule has 2 nitrogen and oxygen atoms in total. The summed E-state index contributed by atoms with van der Waals surface area (Å²) in [6.07, 6.45) is 0.428. The quantitative estimate of drug-likeness (QED) is 0.707. The second-order valence-electron chi connectivity index (χ2n) is 3.18. The average Bonchev–Trinajstić information content (AvgIpc) is 2.12. The summed E-state index contributed by atoms with van der Waals surface area (Å²) in [6.45, 7) is 5.59. The van der Waals surface area contributed by atoms with Gasteiger partial charge < -0.3 is 5.11 Å². The maximum atomic E-state index is 11.4. The summed E-state index contributed by atoms with van der Waals surface area (Å²) in [6, 6.07) is 3.39. The minimum absolute atomic E-state index is 0.00120. The van der Waals surface area contributed by atoms with Crippen LogP contribution >= 0.6 is 0 Å². The zero-order valence-corrected chi connectivity index (χ0v) is 8.22. The number of phenols is 1. The fourth-order valence-corrected chi connectivity index (χ4v) is 1.33. The van der Waals surface area contributed by atoms with Crippen LogP contribution in [-0.2, 0) is 0 Å². The van der Waals surface area contributed by atoms with Crippen LogP contribution in [0.4, 0.5) is 0 Å². The van der Waals surface area contributed by atoms with E-state index in [9.17, 15) is 9.90 Å². The van der Waals surface area contributed by atoms with Crippen LogP contribution in [0.15, 0.2) is 12.1 Å². The summed E-state index contributed by atoms with van der Waals surface area (Å²) in [5.74, 6) is 0.0913. The summed E-state index contributed by atoms with van der Waals surface area (Å²) in [5.41, 5.74) is 2.39. The van der Waals surface area contributed by atoms with Gasteiger partial charge in [0.05, 0.1) is 5.56 Å². The third-order valence-corrected chi connectivity index (χ3v) is 2.31. The van der Waals surface area contributed by atoms with Crippen LogP contribution in [0.3, 0.4) is 0 Å². The number of hydrogen-bond donors (Lipinski definition) is 1. The Kier molecular flexibility index (Phi) is 2.71. The number of phenolic OH excluding ortho intramolecular Hbond substituents is 1. The standard InChI is InChI=1S/C11H14O2/c1-4-9(12)11-8(3)7(2)5-6-10(11)13/h5-6,13H,4H2,1-3H3. The largest absolute Gasteiger partial charge is 0.507 e. The maximum absolute atomic E-state index is 11.4. The van der Waals surface area contributed by atoms with E-state index in [0.717, 1.165) is 11.1 Å². The number of Topliss-reactive ketones (excluding diaryl/α,β-unsaturated/α-hetero) is 1. The molecule has 0 atom stereocenters. The third-order valence-electron chi connectivity index (χ3n) is 2.31. The molecule has 0 bridgehead atoms. The van der Waals surface area contributed by atoms with Gasteiger partial charge in [-0.1, -0.05) is 13.0 Å². The molecule has 0 aromatic heterocycles. The van der Waals surface area contributed by atoms with Gasteiger partial charge in [-0.25, -0.2) is 0 Å². The zero-order valence-electron chi connectivity index (χ0n) is 8.22. The van der Waals surface area contributed by atoms with Gasteiger partial charge in [0.2, 0.25) is 0 Å². The number of rotatable bonds is 2. The molecule has 1 rings (SSSR count). The van der Waals surface area contributed by atoms with Gasteiger partial charge in [-0.15, -0.1) is 0 Å². The summed E-state index contributed by atoms with van der Waals surface area (Å²) in [7, 11) is 0. The van der Waals surface area contributed by atoms with Gasteiger partial charge >= 0.3 is 0 Å². The van der Waals surface area contributed by atoms with Crippen molar-refractivity contribution in [1.82, 2.24) is 0 Å². The Morgan fingerprint density at radius 3 is 2.54 bits per heavy atom. The van der Waals surface area contributed by atoms with Crippen molar-refractivity contribution < 1.29 is 9.90 Å². The Labute approximate surface area is 78.2 Å². The Hall–Kier alpha value is -1.31. The highest BCUT2D eigenvalue weighted by Crippen LogP contribution is 2.24. The third kappa shape index (κ3) is 1.72. The second-order valence-corrected chi connectivity index (χ2v) is 3.18. The molecular formula is C11H14O2. The average molecular weight is 178 g/mol. The lowest BCUT2D eigenvalue weighted by Gasteiger charge is -2.08. The van der Waals surface area contributed by atoms with Crippen molar-refractivity contribution in [3.05, 3.63) is 28.8 Å². The Bertz CT molecular complexity index is 340. The Balaban J connectivity index is 3.33. The van der Waals surface area contributed by atoms with Crippen molar-refractivity contribution in [3.63, 3.8) is 0 Å². The van der Waals surface area contributed by atoms with Crippen LogP contribution in [0.25, 0.3) is 0 Å². The van der Waals surface area contributed by atoms with E-state index >= 15 is 0 Å². The first-order valence-electron chi connectivity index (χ1n) is 4.40. The van der Waals surface area contributed by atoms with Crippen molar-refractivity contribution in [2.75, 3.05) is 0 Å². The van der Waals surface area contributed by atoms with Crippen molar-refractivity contribution in [3.8, 4) is 5.75 Å². The molecule has 1 aromatic carbocycles. The SMILES string of the molecule is CCC(=O)c1c(O)ccc(C)c1C. The first-order valence-corrected chi connectivity index (χ1v) is 4.40. The molecule has 0 fully saturated rings. The first-order chi connectivity index (χ1) is 6.07. The van der Waals surface area contributed by atoms with Crippen molar-refractivity contribution in [2.24, 2.45) is 0 Å². The number of aryl methyl sites for hydroxylation is 1. The van der Waals surface area contributed by atoms with Crippen LogP contribution in [-0.4, -0.2) is 10.9 Å². The summed E-state index contributed by atoms with van der Waals surface area (Å²) in [5, 5.41) is 9.50. The van der Waals surface area contributed by atoms with E-state index in [1.807, 2.05) is 19.9 Å². The van der Waals surface area contributed by atoms with Gasteiger partial charge in [-0.2, -0.15) is 0 Å². The molecule has 2 heteroatoms. The van der Waals surface area contributed by atoms with E-state index in [2.05, 4.69) is 0 Å². The van der Waals surface area contributed by atoms with Gasteiger partial charge in [-0.05, 0) is 31.0 Å². The summed E-state index contributed by atoms with van der Waals surface area (Å²) < 4.78 is 0. The van der Waals surface area contributed by atoms with Crippen LogP contribution in [0.1, 0.15) is 34.8 Å².